The van der Waals surface area contributed by atoms with Gasteiger partial charge >= 0.3 is 0 Å². The number of hydrogen-bond donors (Lipinski definition) is 2. The third-order valence-electron chi connectivity index (χ3n) is 0.873. The Hall–Kier alpha value is 0.400. The fourth-order valence-electron chi connectivity index (χ4n) is 0.528. The maximum Gasteiger partial charge on any atom is 0.0802 e. The quantitative estimate of drug-likeness (QED) is 0.390. The van der Waals surface area contributed by atoms with Gasteiger partial charge in [-0.25, -0.2) is 0 Å². The number of alkyl halides is 1. The summed E-state index contributed by atoms with van der Waals surface area (Å²) >= 11 is 3.36. The molecule has 0 aromatic heterocycles. The Kier molecular flexibility index (Phi) is 2.09. The van der Waals surface area contributed by atoms with Gasteiger partial charge in [-0.05, 0) is 0 Å². The van der Waals surface area contributed by atoms with Gasteiger partial charge in [0.05, 0.1) is 11.5 Å². The second-order valence-corrected chi connectivity index (χ2v) is 2.46. The van der Waals surface area contributed by atoms with E-state index in [1.54, 1.807) is 0 Å². The van der Waals surface area contributed by atoms with Gasteiger partial charge < -0.3 is 10.6 Å². The van der Waals surface area contributed by atoms with E-state index in [9.17, 15) is 0 Å². The zero-order chi connectivity index (χ0) is 5.11. The molecule has 1 atom stereocenters. The molecule has 1 fully saturated rings. The van der Waals surface area contributed by atoms with Crippen LogP contribution in [-0.4, -0.2) is 18.0 Å². The van der Waals surface area contributed by atoms with E-state index in [2.05, 4.69) is 26.6 Å². The molecule has 0 aromatic carbocycles. The molecular weight excluding hydrogens is 156 g/mol. The summed E-state index contributed by atoms with van der Waals surface area (Å²) in [6, 6.07) is 0. The van der Waals surface area contributed by atoms with Crippen LogP contribution in [0.5, 0.6) is 0 Å². The number of rotatable bonds is 0. The van der Waals surface area contributed by atoms with E-state index in [0.717, 1.165) is 13.1 Å². The largest absolute Gasteiger partial charge is 0.309 e. The zero-order valence-corrected chi connectivity index (χ0v) is 5.53. The van der Waals surface area contributed by atoms with Crippen LogP contribution < -0.4 is 10.6 Å². The standard InChI is InChI=1S/C4H8BrN2/c5-4-3-6-1-2-7-4/h3-4,6-7H,1-2H2. The highest BCUT2D eigenvalue weighted by atomic mass is 79.9. The van der Waals surface area contributed by atoms with Crippen molar-refractivity contribution in [3.05, 3.63) is 6.54 Å². The smallest absolute Gasteiger partial charge is 0.0802 e. The lowest BCUT2D eigenvalue weighted by molar-refractivity contribution is 0.571. The molecule has 1 unspecified atom stereocenters. The van der Waals surface area contributed by atoms with Crippen molar-refractivity contribution in [1.29, 1.82) is 0 Å². The highest BCUT2D eigenvalue weighted by molar-refractivity contribution is 9.09. The SMILES string of the molecule is BrC1[CH]NCCN1. The van der Waals surface area contributed by atoms with E-state index in [0.29, 0.717) is 4.95 Å². The van der Waals surface area contributed by atoms with E-state index in [-0.39, 0.29) is 0 Å². The van der Waals surface area contributed by atoms with Crippen molar-refractivity contribution in [3.63, 3.8) is 0 Å². The molecule has 0 bridgehead atoms. The summed E-state index contributed by atoms with van der Waals surface area (Å²) in [6.07, 6.45) is 0. The fourth-order valence-corrected chi connectivity index (χ4v) is 0.944. The summed E-state index contributed by atoms with van der Waals surface area (Å²) in [6.45, 7) is 4.08. The predicted octanol–water partition coefficient (Wildman–Crippen LogP) is 0.0620. The number of halogens is 1. The van der Waals surface area contributed by atoms with E-state index in [4.69, 9.17) is 0 Å². The Labute approximate surface area is 51.8 Å². The average Bonchev–Trinajstić information content (AvgIpc) is 1.69. The minimum absolute atomic E-state index is 0.362. The third kappa shape index (κ3) is 1.76. The van der Waals surface area contributed by atoms with Crippen LogP contribution >= 0.6 is 15.9 Å². The number of piperazine rings is 1. The van der Waals surface area contributed by atoms with Crippen molar-refractivity contribution in [3.8, 4) is 0 Å². The van der Waals surface area contributed by atoms with Gasteiger partial charge in [0.2, 0.25) is 0 Å². The van der Waals surface area contributed by atoms with Crippen molar-refractivity contribution < 1.29 is 0 Å². The highest BCUT2D eigenvalue weighted by Gasteiger charge is 2.05. The first-order valence-corrected chi connectivity index (χ1v) is 3.25. The summed E-state index contributed by atoms with van der Waals surface area (Å²) in [5.41, 5.74) is 0. The Balaban J connectivity index is 2.12. The van der Waals surface area contributed by atoms with Gasteiger partial charge in [0.15, 0.2) is 0 Å². The monoisotopic (exact) mass is 163 g/mol. The molecule has 0 aliphatic carbocycles. The molecule has 1 radical (unpaired) electrons. The van der Waals surface area contributed by atoms with E-state index in [1.165, 1.54) is 0 Å². The molecule has 2 N–H and O–H groups in total. The molecule has 1 saturated heterocycles. The van der Waals surface area contributed by atoms with E-state index < -0.39 is 0 Å². The normalized spacial score (nSPS) is 33.0. The van der Waals surface area contributed by atoms with Gasteiger partial charge in [-0.3, -0.25) is 0 Å². The van der Waals surface area contributed by atoms with Gasteiger partial charge in [-0.1, -0.05) is 15.9 Å². The summed E-state index contributed by atoms with van der Waals surface area (Å²) in [5, 5.41) is 6.28. The molecular formula is C4H8BrN2. The minimum atomic E-state index is 0.362. The molecule has 1 rings (SSSR count). The Bertz CT molecular complexity index is 51.7. The molecule has 0 saturated carbocycles. The lowest BCUT2D eigenvalue weighted by atomic mass is 10.4. The van der Waals surface area contributed by atoms with E-state index in [1.807, 2.05) is 6.54 Å². The first-order valence-electron chi connectivity index (χ1n) is 2.34. The fraction of sp³-hybridized carbons (Fsp3) is 0.750. The Morgan fingerprint density at radius 3 is 2.71 bits per heavy atom. The maximum absolute atomic E-state index is 3.36. The van der Waals surface area contributed by atoms with Crippen molar-refractivity contribution in [2.75, 3.05) is 13.1 Å². The first-order chi connectivity index (χ1) is 3.39. The minimum Gasteiger partial charge on any atom is -0.309 e. The second-order valence-electron chi connectivity index (χ2n) is 1.48. The van der Waals surface area contributed by atoms with Crippen LogP contribution in [0.4, 0.5) is 0 Å². The topological polar surface area (TPSA) is 24.1 Å². The molecule has 7 heavy (non-hydrogen) atoms. The van der Waals surface area contributed by atoms with Crippen LogP contribution in [-0.2, 0) is 0 Å². The maximum atomic E-state index is 3.36. The summed E-state index contributed by atoms with van der Waals surface area (Å²) in [4.78, 5) is 0.362. The van der Waals surface area contributed by atoms with Gasteiger partial charge in [0.1, 0.15) is 0 Å². The van der Waals surface area contributed by atoms with Crippen molar-refractivity contribution in [2.45, 2.75) is 4.95 Å². The van der Waals surface area contributed by atoms with Crippen LogP contribution in [0.2, 0.25) is 0 Å². The Morgan fingerprint density at radius 2 is 2.43 bits per heavy atom. The molecule has 1 aliphatic heterocycles. The molecule has 1 heterocycles. The van der Waals surface area contributed by atoms with Gasteiger partial charge in [0, 0.05) is 13.1 Å². The number of hydrogen-bond acceptors (Lipinski definition) is 2. The summed E-state index contributed by atoms with van der Waals surface area (Å²) in [5.74, 6) is 0. The molecule has 41 valence electrons. The van der Waals surface area contributed by atoms with Crippen LogP contribution in [0.3, 0.4) is 0 Å². The zero-order valence-electron chi connectivity index (χ0n) is 3.95. The molecule has 0 amide bonds. The lowest BCUT2D eigenvalue weighted by Gasteiger charge is -2.17. The highest BCUT2D eigenvalue weighted by Crippen LogP contribution is 1.97. The van der Waals surface area contributed by atoms with Gasteiger partial charge in [-0.15, -0.1) is 0 Å². The van der Waals surface area contributed by atoms with Gasteiger partial charge in [0.25, 0.3) is 0 Å². The van der Waals surface area contributed by atoms with E-state index >= 15 is 0 Å². The van der Waals surface area contributed by atoms with Crippen LogP contribution in [0, 0.1) is 6.54 Å². The molecule has 2 nitrogen and oxygen atoms in total. The lowest BCUT2D eigenvalue weighted by Crippen LogP contribution is -2.41. The summed E-state index contributed by atoms with van der Waals surface area (Å²) in [7, 11) is 0. The molecule has 0 spiro atoms. The molecule has 1 aliphatic rings. The van der Waals surface area contributed by atoms with Crippen molar-refractivity contribution >= 4 is 15.9 Å². The van der Waals surface area contributed by atoms with Crippen molar-refractivity contribution in [2.24, 2.45) is 0 Å². The van der Waals surface area contributed by atoms with Crippen LogP contribution in [0.15, 0.2) is 0 Å². The predicted molar refractivity (Wildman–Crippen MR) is 33.0 cm³/mol. The molecule has 0 aromatic rings. The third-order valence-corrected chi connectivity index (χ3v) is 1.46. The molecule has 3 heteroatoms. The summed E-state index contributed by atoms with van der Waals surface area (Å²) < 4.78 is 0. The van der Waals surface area contributed by atoms with Crippen LogP contribution in [0.25, 0.3) is 0 Å². The van der Waals surface area contributed by atoms with Crippen LogP contribution in [0.1, 0.15) is 0 Å². The Morgan fingerprint density at radius 1 is 1.57 bits per heavy atom. The van der Waals surface area contributed by atoms with Crippen molar-refractivity contribution in [1.82, 2.24) is 10.6 Å². The number of nitrogens with one attached hydrogen (secondary N) is 2. The average molecular weight is 164 g/mol. The first kappa shape index (κ1) is 5.54. The second kappa shape index (κ2) is 2.64. The van der Waals surface area contributed by atoms with Gasteiger partial charge in [-0.2, -0.15) is 0 Å².